The number of likely N-dealkylation sites (N-methyl/N-ethyl adjacent to an activating group) is 1. The number of hydrogen-bond donors (Lipinski definition) is 1. The molecule has 2 heterocycles. The lowest BCUT2D eigenvalue weighted by Crippen LogP contribution is -2.37. The topological polar surface area (TPSA) is 31.6 Å². The van der Waals surface area contributed by atoms with E-state index in [1.165, 1.54) is 37.8 Å². The van der Waals surface area contributed by atoms with Gasteiger partial charge in [0.2, 0.25) is 0 Å². The van der Waals surface area contributed by atoms with Gasteiger partial charge in [-0.25, -0.2) is 0 Å². The maximum absolute atomic E-state index is 5.74. The second-order valence-corrected chi connectivity index (χ2v) is 6.55. The highest BCUT2D eigenvalue weighted by Gasteiger charge is 2.27. The summed E-state index contributed by atoms with van der Waals surface area (Å²) >= 11 is 0. The SMILES string of the molecule is CN(C)CC1CCCN1Cc1occc1CNC1CC1. The summed E-state index contributed by atoms with van der Waals surface area (Å²) in [6, 6.07) is 3.56. The van der Waals surface area contributed by atoms with E-state index in [2.05, 4.69) is 35.3 Å². The summed E-state index contributed by atoms with van der Waals surface area (Å²) in [5.41, 5.74) is 1.34. The average Bonchev–Trinajstić information content (AvgIpc) is 2.98. The van der Waals surface area contributed by atoms with Crippen molar-refractivity contribution in [1.29, 1.82) is 0 Å². The van der Waals surface area contributed by atoms with Crippen molar-refractivity contribution in [2.24, 2.45) is 0 Å². The van der Waals surface area contributed by atoms with Gasteiger partial charge >= 0.3 is 0 Å². The van der Waals surface area contributed by atoms with Crippen molar-refractivity contribution >= 4 is 0 Å². The minimum atomic E-state index is 0.680. The molecular formula is C16H27N3O. The summed E-state index contributed by atoms with van der Waals surface area (Å²) in [4.78, 5) is 4.88. The number of rotatable bonds is 7. The van der Waals surface area contributed by atoms with E-state index in [4.69, 9.17) is 4.42 Å². The molecule has 0 spiro atoms. The monoisotopic (exact) mass is 277 g/mol. The first-order chi connectivity index (χ1) is 9.72. The Kier molecular flexibility index (Phi) is 4.44. The molecule has 2 aliphatic rings. The molecule has 0 aromatic carbocycles. The molecular weight excluding hydrogens is 250 g/mol. The molecule has 0 bridgehead atoms. The van der Waals surface area contributed by atoms with Crippen LogP contribution in [0.5, 0.6) is 0 Å². The van der Waals surface area contributed by atoms with Crippen LogP contribution in [0.3, 0.4) is 0 Å². The first-order valence-corrected chi connectivity index (χ1v) is 7.90. The molecule has 1 N–H and O–H groups in total. The molecule has 3 rings (SSSR count). The average molecular weight is 277 g/mol. The van der Waals surface area contributed by atoms with E-state index in [9.17, 15) is 0 Å². The molecule has 0 radical (unpaired) electrons. The second-order valence-electron chi connectivity index (χ2n) is 6.55. The van der Waals surface area contributed by atoms with Crippen LogP contribution in [0.25, 0.3) is 0 Å². The third kappa shape index (κ3) is 3.62. The highest BCUT2D eigenvalue weighted by Crippen LogP contribution is 2.24. The van der Waals surface area contributed by atoms with Crippen LogP contribution in [-0.2, 0) is 13.1 Å². The van der Waals surface area contributed by atoms with Gasteiger partial charge in [-0.2, -0.15) is 0 Å². The summed E-state index contributed by atoms with van der Waals surface area (Å²) in [7, 11) is 4.32. The second kappa shape index (κ2) is 6.29. The number of likely N-dealkylation sites (tertiary alicyclic amines) is 1. The van der Waals surface area contributed by atoms with Crippen LogP contribution in [0, 0.1) is 0 Å². The molecule has 1 saturated carbocycles. The van der Waals surface area contributed by atoms with Gasteiger partial charge < -0.3 is 14.6 Å². The Bertz CT molecular complexity index is 425. The van der Waals surface area contributed by atoms with E-state index in [0.29, 0.717) is 6.04 Å². The first-order valence-electron chi connectivity index (χ1n) is 7.90. The molecule has 1 aliphatic heterocycles. The lowest BCUT2D eigenvalue weighted by Gasteiger charge is -2.26. The van der Waals surface area contributed by atoms with Crippen molar-refractivity contribution < 1.29 is 4.42 Å². The van der Waals surface area contributed by atoms with Gasteiger partial charge in [0, 0.05) is 30.7 Å². The van der Waals surface area contributed by atoms with Crippen molar-refractivity contribution in [3.63, 3.8) is 0 Å². The van der Waals surface area contributed by atoms with Crippen LogP contribution in [-0.4, -0.2) is 49.1 Å². The molecule has 20 heavy (non-hydrogen) atoms. The lowest BCUT2D eigenvalue weighted by molar-refractivity contribution is 0.188. The van der Waals surface area contributed by atoms with Crippen LogP contribution in [0.4, 0.5) is 0 Å². The third-order valence-corrected chi connectivity index (χ3v) is 4.42. The number of nitrogens with zero attached hydrogens (tertiary/aromatic N) is 2. The Hall–Kier alpha value is -0.840. The molecule has 1 saturated heterocycles. The Labute approximate surface area is 122 Å². The number of nitrogens with one attached hydrogen (secondary N) is 1. The third-order valence-electron chi connectivity index (χ3n) is 4.42. The van der Waals surface area contributed by atoms with Gasteiger partial charge in [0.25, 0.3) is 0 Å². The molecule has 112 valence electrons. The van der Waals surface area contributed by atoms with E-state index in [1.807, 2.05) is 6.26 Å². The molecule has 4 nitrogen and oxygen atoms in total. The van der Waals surface area contributed by atoms with Gasteiger partial charge in [-0.3, -0.25) is 4.90 Å². The first kappa shape index (κ1) is 14.1. The van der Waals surface area contributed by atoms with Gasteiger partial charge in [-0.15, -0.1) is 0 Å². The highest BCUT2D eigenvalue weighted by atomic mass is 16.3. The zero-order chi connectivity index (χ0) is 13.9. The van der Waals surface area contributed by atoms with E-state index in [1.54, 1.807) is 0 Å². The standard InChI is InChI=1S/C16H27N3O/c1-18(2)11-15-4-3-8-19(15)12-16-13(7-9-20-16)10-17-14-5-6-14/h7,9,14-15,17H,3-6,8,10-12H2,1-2H3. The Balaban J connectivity index is 1.57. The fourth-order valence-corrected chi connectivity index (χ4v) is 3.12. The molecule has 0 amide bonds. The van der Waals surface area contributed by atoms with Gasteiger partial charge in [0.05, 0.1) is 12.8 Å². The molecule has 4 heteroatoms. The largest absolute Gasteiger partial charge is 0.468 e. The van der Waals surface area contributed by atoms with E-state index in [-0.39, 0.29) is 0 Å². The van der Waals surface area contributed by atoms with Crippen LogP contribution >= 0.6 is 0 Å². The molecule has 2 fully saturated rings. The quantitative estimate of drug-likeness (QED) is 0.827. The van der Waals surface area contributed by atoms with Gasteiger partial charge in [-0.05, 0) is 52.4 Å². The number of hydrogen-bond acceptors (Lipinski definition) is 4. The minimum absolute atomic E-state index is 0.680. The normalized spacial score (nSPS) is 23.9. The van der Waals surface area contributed by atoms with E-state index >= 15 is 0 Å². The fourth-order valence-electron chi connectivity index (χ4n) is 3.12. The molecule has 1 unspecified atom stereocenters. The summed E-state index contributed by atoms with van der Waals surface area (Å²) < 4.78 is 5.74. The summed E-state index contributed by atoms with van der Waals surface area (Å²) in [6.45, 7) is 4.28. The van der Waals surface area contributed by atoms with Crippen LogP contribution < -0.4 is 5.32 Å². The Morgan fingerprint density at radius 1 is 1.35 bits per heavy atom. The molecule has 1 aliphatic carbocycles. The Morgan fingerprint density at radius 3 is 2.95 bits per heavy atom. The highest BCUT2D eigenvalue weighted by molar-refractivity contribution is 5.17. The van der Waals surface area contributed by atoms with Crippen molar-refractivity contribution in [1.82, 2.24) is 15.1 Å². The molecule has 1 aromatic heterocycles. The van der Waals surface area contributed by atoms with Crippen molar-refractivity contribution in [3.05, 3.63) is 23.7 Å². The zero-order valence-electron chi connectivity index (χ0n) is 12.8. The van der Waals surface area contributed by atoms with Crippen LogP contribution in [0.2, 0.25) is 0 Å². The lowest BCUT2D eigenvalue weighted by atomic mass is 10.2. The Morgan fingerprint density at radius 2 is 2.20 bits per heavy atom. The maximum Gasteiger partial charge on any atom is 0.122 e. The smallest absolute Gasteiger partial charge is 0.122 e. The van der Waals surface area contributed by atoms with Crippen molar-refractivity contribution in [2.45, 2.75) is 50.9 Å². The summed E-state index contributed by atoms with van der Waals surface area (Å²) in [6.07, 6.45) is 7.15. The van der Waals surface area contributed by atoms with Gasteiger partial charge in [0.1, 0.15) is 5.76 Å². The molecule has 1 aromatic rings. The van der Waals surface area contributed by atoms with Crippen molar-refractivity contribution in [3.8, 4) is 0 Å². The van der Waals surface area contributed by atoms with Crippen LogP contribution in [0.1, 0.15) is 37.0 Å². The van der Waals surface area contributed by atoms with Crippen LogP contribution in [0.15, 0.2) is 16.7 Å². The fraction of sp³-hybridized carbons (Fsp3) is 0.750. The van der Waals surface area contributed by atoms with Gasteiger partial charge in [-0.1, -0.05) is 0 Å². The van der Waals surface area contributed by atoms with Crippen molar-refractivity contribution in [2.75, 3.05) is 27.2 Å². The molecule has 1 atom stereocenters. The zero-order valence-corrected chi connectivity index (χ0v) is 12.8. The summed E-state index contributed by atoms with van der Waals surface area (Å²) in [5, 5.41) is 3.58. The summed E-state index contributed by atoms with van der Waals surface area (Å²) in [5.74, 6) is 1.16. The maximum atomic E-state index is 5.74. The van der Waals surface area contributed by atoms with E-state index in [0.717, 1.165) is 31.4 Å². The number of furan rings is 1. The van der Waals surface area contributed by atoms with E-state index < -0.39 is 0 Å². The predicted octanol–water partition coefficient (Wildman–Crippen LogP) is 2.06. The minimum Gasteiger partial charge on any atom is -0.468 e. The van der Waals surface area contributed by atoms with Gasteiger partial charge in [0.15, 0.2) is 0 Å². The predicted molar refractivity (Wildman–Crippen MR) is 80.6 cm³/mol.